The third-order valence-corrected chi connectivity index (χ3v) is 5.44. The highest BCUT2D eigenvalue weighted by Gasteiger charge is 2.50. The Morgan fingerprint density at radius 2 is 1.56 bits per heavy atom. The number of ether oxygens (including phenoxy) is 6. The van der Waals surface area contributed by atoms with Crippen molar-refractivity contribution < 1.29 is 38.3 Å². The molecule has 0 aromatic heterocycles. The van der Waals surface area contributed by atoms with Gasteiger partial charge in [-0.25, -0.2) is 0 Å². The average Bonchev–Trinajstić information content (AvgIpc) is 2.82. The van der Waals surface area contributed by atoms with Crippen molar-refractivity contribution in [3.63, 3.8) is 0 Å². The molecule has 0 aliphatic carbocycles. The highest BCUT2D eigenvalue weighted by Crippen LogP contribution is 2.35. The molecular formula is C23H27NO8. The summed E-state index contributed by atoms with van der Waals surface area (Å²) in [4.78, 5) is 11.8. The lowest BCUT2D eigenvalue weighted by molar-refractivity contribution is -0.333. The van der Waals surface area contributed by atoms with Crippen molar-refractivity contribution in [2.75, 3.05) is 20.8 Å². The summed E-state index contributed by atoms with van der Waals surface area (Å²) in [5.74, 6) is 1.58. The van der Waals surface area contributed by atoms with Crippen LogP contribution in [-0.2, 0) is 19.0 Å². The van der Waals surface area contributed by atoms with E-state index >= 15 is 0 Å². The van der Waals surface area contributed by atoms with E-state index in [-0.39, 0.29) is 12.5 Å². The fourth-order valence-corrected chi connectivity index (χ4v) is 3.80. The zero-order valence-electron chi connectivity index (χ0n) is 18.1. The molecule has 0 saturated carbocycles. The van der Waals surface area contributed by atoms with Gasteiger partial charge in [0.15, 0.2) is 6.29 Å². The predicted molar refractivity (Wildman–Crippen MR) is 112 cm³/mol. The van der Waals surface area contributed by atoms with E-state index in [0.717, 1.165) is 5.56 Å². The molecule has 2 aromatic rings. The van der Waals surface area contributed by atoms with Gasteiger partial charge < -0.3 is 38.8 Å². The van der Waals surface area contributed by atoms with Crippen molar-refractivity contribution in [3.8, 4) is 17.2 Å². The van der Waals surface area contributed by atoms with Gasteiger partial charge in [0.1, 0.15) is 41.6 Å². The largest absolute Gasteiger partial charge is 0.497 e. The van der Waals surface area contributed by atoms with Crippen LogP contribution in [0.1, 0.15) is 18.8 Å². The number of rotatable bonds is 6. The lowest BCUT2D eigenvalue weighted by atomic mass is 9.95. The minimum Gasteiger partial charge on any atom is -0.497 e. The topological polar surface area (TPSA) is 105 Å². The van der Waals surface area contributed by atoms with Crippen molar-refractivity contribution in [1.82, 2.24) is 5.32 Å². The zero-order chi connectivity index (χ0) is 22.7. The number of amides is 1. The highest BCUT2D eigenvalue weighted by atomic mass is 16.7. The molecule has 0 spiro atoms. The van der Waals surface area contributed by atoms with Gasteiger partial charge in [-0.3, -0.25) is 4.79 Å². The zero-order valence-corrected chi connectivity index (χ0v) is 18.1. The third-order valence-electron chi connectivity index (χ3n) is 5.44. The van der Waals surface area contributed by atoms with Crippen LogP contribution in [0.2, 0.25) is 0 Å². The van der Waals surface area contributed by atoms with E-state index in [1.54, 1.807) is 50.6 Å². The molecule has 2 aliphatic rings. The standard InChI is InChI=1S/C23H27NO8/c1-13(25)24-19-20(26)21-18(31-23(19)30-17-10-8-16(28-3)9-11-17)12-29-22(32-21)14-4-6-15(27-2)7-5-14/h4-11,18-23,26H,12H2,1-3H3,(H,24,25)/t18-,19+,20-,21+,22+,23-/m1/s1. The molecule has 2 N–H and O–H groups in total. The van der Waals surface area contributed by atoms with Crippen LogP contribution in [0.15, 0.2) is 48.5 Å². The van der Waals surface area contributed by atoms with Gasteiger partial charge in [0.2, 0.25) is 12.2 Å². The fraction of sp³-hybridized carbons (Fsp3) is 0.435. The maximum absolute atomic E-state index is 11.8. The second kappa shape index (κ2) is 9.74. The number of carbonyl (C=O) groups excluding carboxylic acids is 1. The van der Waals surface area contributed by atoms with Crippen LogP contribution < -0.4 is 19.5 Å². The Bertz CT molecular complexity index is 903. The van der Waals surface area contributed by atoms with E-state index in [9.17, 15) is 9.90 Å². The lowest BCUT2D eigenvalue weighted by Gasteiger charge is -2.47. The van der Waals surface area contributed by atoms with Crippen molar-refractivity contribution in [2.45, 2.75) is 43.9 Å². The molecule has 2 saturated heterocycles. The number of aliphatic hydroxyl groups excluding tert-OH is 1. The molecule has 2 aromatic carbocycles. The number of hydrogen-bond acceptors (Lipinski definition) is 8. The second-order valence-corrected chi connectivity index (χ2v) is 7.59. The molecule has 2 aliphatic heterocycles. The number of aliphatic hydroxyl groups is 1. The molecule has 0 radical (unpaired) electrons. The molecular weight excluding hydrogens is 418 g/mol. The van der Waals surface area contributed by atoms with Crippen LogP contribution in [0.25, 0.3) is 0 Å². The Morgan fingerprint density at radius 1 is 0.969 bits per heavy atom. The predicted octanol–water partition coefficient (Wildman–Crippen LogP) is 1.79. The van der Waals surface area contributed by atoms with Gasteiger partial charge >= 0.3 is 0 Å². The lowest BCUT2D eigenvalue weighted by Crippen LogP contribution is -2.67. The summed E-state index contributed by atoms with van der Waals surface area (Å²) >= 11 is 0. The van der Waals surface area contributed by atoms with Gasteiger partial charge in [0.05, 0.1) is 20.8 Å². The Kier molecular flexibility index (Phi) is 6.80. The van der Waals surface area contributed by atoms with E-state index in [0.29, 0.717) is 17.2 Å². The minimum absolute atomic E-state index is 0.188. The summed E-state index contributed by atoms with van der Waals surface area (Å²) in [5, 5.41) is 13.8. The summed E-state index contributed by atoms with van der Waals surface area (Å²) in [5.41, 5.74) is 0.782. The number of hydrogen-bond donors (Lipinski definition) is 2. The number of carbonyl (C=O) groups is 1. The molecule has 172 valence electrons. The van der Waals surface area contributed by atoms with Crippen molar-refractivity contribution in [2.24, 2.45) is 0 Å². The Balaban J connectivity index is 1.50. The van der Waals surface area contributed by atoms with Crippen LogP contribution in [0.3, 0.4) is 0 Å². The average molecular weight is 445 g/mol. The van der Waals surface area contributed by atoms with E-state index in [1.165, 1.54) is 6.92 Å². The van der Waals surface area contributed by atoms with Gasteiger partial charge in [0.25, 0.3) is 0 Å². The number of benzene rings is 2. The maximum Gasteiger partial charge on any atom is 0.223 e. The van der Waals surface area contributed by atoms with E-state index in [2.05, 4.69) is 5.32 Å². The molecule has 2 heterocycles. The molecule has 0 unspecified atom stereocenters. The normalized spacial score (nSPS) is 29.5. The molecule has 1 amide bonds. The Labute approximate surface area is 186 Å². The monoisotopic (exact) mass is 445 g/mol. The molecule has 9 heteroatoms. The third kappa shape index (κ3) is 4.81. The number of fused-ring (bicyclic) bond motifs is 1. The summed E-state index contributed by atoms with van der Waals surface area (Å²) in [6.45, 7) is 1.56. The van der Waals surface area contributed by atoms with Crippen molar-refractivity contribution in [1.29, 1.82) is 0 Å². The summed E-state index contributed by atoms with van der Waals surface area (Å²) in [6.07, 6.45) is -3.99. The maximum atomic E-state index is 11.8. The van der Waals surface area contributed by atoms with Gasteiger partial charge in [-0.15, -0.1) is 0 Å². The SMILES string of the molecule is COc1ccc(O[C@@H]2O[C@@H]3CO[C@H](c4ccc(OC)cc4)O[C@@H]3[C@H](O)[C@@H]2NC(C)=O)cc1. The van der Waals surface area contributed by atoms with Crippen LogP contribution in [-0.4, -0.2) is 62.5 Å². The first-order chi connectivity index (χ1) is 15.5. The van der Waals surface area contributed by atoms with Gasteiger partial charge in [-0.05, 0) is 36.4 Å². The Morgan fingerprint density at radius 3 is 2.16 bits per heavy atom. The first-order valence-electron chi connectivity index (χ1n) is 10.3. The second-order valence-electron chi connectivity index (χ2n) is 7.59. The van der Waals surface area contributed by atoms with Crippen LogP contribution in [0.5, 0.6) is 17.2 Å². The van der Waals surface area contributed by atoms with Crippen molar-refractivity contribution >= 4 is 5.91 Å². The van der Waals surface area contributed by atoms with E-state index in [4.69, 9.17) is 28.4 Å². The van der Waals surface area contributed by atoms with Gasteiger partial charge in [0, 0.05) is 12.5 Å². The highest BCUT2D eigenvalue weighted by molar-refractivity contribution is 5.73. The first kappa shape index (κ1) is 22.3. The van der Waals surface area contributed by atoms with Crippen LogP contribution >= 0.6 is 0 Å². The van der Waals surface area contributed by atoms with Crippen LogP contribution in [0.4, 0.5) is 0 Å². The number of nitrogens with one attached hydrogen (secondary N) is 1. The minimum atomic E-state index is -1.08. The fourth-order valence-electron chi connectivity index (χ4n) is 3.80. The smallest absolute Gasteiger partial charge is 0.223 e. The van der Waals surface area contributed by atoms with Crippen molar-refractivity contribution in [3.05, 3.63) is 54.1 Å². The molecule has 32 heavy (non-hydrogen) atoms. The molecule has 0 bridgehead atoms. The first-order valence-corrected chi connectivity index (χ1v) is 10.3. The Hall–Kier alpha value is -2.85. The van der Waals surface area contributed by atoms with Gasteiger partial charge in [-0.2, -0.15) is 0 Å². The molecule has 6 atom stereocenters. The summed E-state index contributed by atoms with van der Waals surface area (Å²) < 4.78 is 34.2. The summed E-state index contributed by atoms with van der Waals surface area (Å²) in [6, 6.07) is 13.4. The van der Waals surface area contributed by atoms with Gasteiger partial charge in [-0.1, -0.05) is 12.1 Å². The molecule has 9 nitrogen and oxygen atoms in total. The van der Waals surface area contributed by atoms with Crippen LogP contribution in [0, 0.1) is 0 Å². The summed E-state index contributed by atoms with van der Waals surface area (Å²) in [7, 11) is 3.17. The number of methoxy groups -OCH3 is 2. The quantitative estimate of drug-likeness (QED) is 0.694. The van der Waals surface area contributed by atoms with E-state index in [1.807, 2.05) is 12.1 Å². The molecule has 2 fully saturated rings. The molecule has 4 rings (SSSR count). The van der Waals surface area contributed by atoms with E-state index < -0.39 is 36.9 Å².